The molecule has 6 heteroatoms. The molecule has 0 spiro atoms. The maximum Gasteiger partial charge on any atom is 0.231 e. The Kier molecular flexibility index (Phi) is 3.23. The molecule has 0 radical (unpaired) electrons. The molecule has 1 unspecified atom stereocenters. The van der Waals surface area contributed by atoms with Crippen molar-refractivity contribution in [2.45, 2.75) is 26.4 Å². The van der Waals surface area contributed by atoms with E-state index in [1.807, 2.05) is 6.92 Å². The van der Waals surface area contributed by atoms with Gasteiger partial charge in [-0.2, -0.15) is 5.10 Å². The summed E-state index contributed by atoms with van der Waals surface area (Å²) >= 11 is 0. The summed E-state index contributed by atoms with van der Waals surface area (Å²) in [4.78, 5) is 1.39. The molecule has 2 aliphatic heterocycles. The van der Waals surface area contributed by atoms with E-state index in [0.717, 1.165) is 41.4 Å². The van der Waals surface area contributed by atoms with E-state index in [1.54, 1.807) is 7.11 Å². The molecule has 1 aromatic heterocycles. The Morgan fingerprint density at radius 3 is 2.83 bits per heavy atom. The molecule has 1 N–H and O–H groups in total. The number of ether oxygens (including phenoxy) is 3. The van der Waals surface area contributed by atoms with Gasteiger partial charge in [-0.1, -0.05) is 0 Å². The van der Waals surface area contributed by atoms with Crippen LogP contribution in [-0.4, -0.2) is 37.3 Å². The molecule has 0 aliphatic carbocycles. The van der Waals surface area contributed by atoms with Crippen LogP contribution in [0.2, 0.25) is 0 Å². The summed E-state index contributed by atoms with van der Waals surface area (Å²) in [6.45, 7) is 5.42. The number of likely N-dealkylation sites (N-methyl/N-ethyl adjacent to an activating group) is 1. The van der Waals surface area contributed by atoms with E-state index < -0.39 is 0 Å². The fraction of sp³-hybridized carbons (Fsp3) is 0.471. The normalized spacial score (nSPS) is 22.1. The first-order valence-electron chi connectivity index (χ1n) is 7.94. The van der Waals surface area contributed by atoms with Crippen molar-refractivity contribution < 1.29 is 19.1 Å². The Morgan fingerprint density at radius 2 is 2.13 bits per heavy atom. The summed E-state index contributed by atoms with van der Waals surface area (Å²) in [5, 5.41) is 4.72. The Bertz CT molecular complexity index is 769. The number of hydrogen-bond acceptors (Lipinski definition) is 4. The molecule has 0 saturated heterocycles. The summed E-state index contributed by atoms with van der Waals surface area (Å²) in [5.41, 5.74) is 4.60. The first-order valence-corrected chi connectivity index (χ1v) is 7.94. The van der Waals surface area contributed by atoms with Gasteiger partial charge in [-0.05, 0) is 31.5 Å². The van der Waals surface area contributed by atoms with Crippen LogP contribution in [0, 0.1) is 13.8 Å². The summed E-state index contributed by atoms with van der Waals surface area (Å²) in [7, 11) is 3.90. The zero-order valence-electron chi connectivity index (χ0n) is 14.0. The molecule has 4 rings (SSSR count). The minimum absolute atomic E-state index is 0.0805. The number of fused-ring (bicyclic) bond motifs is 2. The van der Waals surface area contributed by atoms with Crippen LogP contribution in [-0.2, 0) is 6.42 Å². The van der Waals surface area contributed by atoms with Crippen LogP contribution in [0.25, 0.3) is 0 Å². The van der Waals surface area contributed by atoms with E-state index in [4.69, 9.17) is 19.3 Å². The van der Waals surface area contributed by atoms with Crippen molar-refractivity contribution in [3.8, 4) is 17.2 Å². The summed E-state index contributed by atoms with van der Waals surface area (Å²) in [6.07, 6.45) is 1.07. The van der Waals surface area contributed by atoms with Crippen molar-refractivity contribution in [3.05, 3.63) is 34.6 Å². The lowest BCUT2D eigenvalue weighted by atomic mass is 9.95. The monoisotopic (exact) mass is 316 g/mol. The quantitative estimate of drug-likeness (QED) is 0.893. The molecule has 0 fully saturated rings. The van der Waals surface area contributed by atoms with E-state index in [2.05, 4.69) is 30.8 Å². The molecular formula is C17H22N3O3+. The van der Waals surface area contributed by atoms with Crippen LogP contribution in [0.3, 0.4) is 0 Å². The topological polar surface area (TPSA) is 50.0 Å². The second kappa shape index (κ2) is 5.16. The van der Waals surface area contributed by atoms with Crippen LogP contribution in [0.4, 0.5) is 0 Å². The molecule has 2 aliphatic rings. The third-order valence-corrected chi connectivity index (χ3v) is 4.77. The van der Waals surface area contributed by atoms with Crippen LogP contribution < -0.4 is 19.1 Å². The molecule has 2 atom stereocenters. The first-order chi connectivity index (χ1) is 11.1. The molecule has 23 heavy (non-hydrogen) atoms. The zero-order valence-corrected chi connectivity index (χ0v) is 14.0. The fourth-order valence-electron chi connectivity index (χ4n) is 3.74. The van der Waals surface area contributed by atoms with Gasteiger partial charge in [0.2, 0.25) is 18.7 Å². The fourth-order valence-corrected chi connectivity index (χ4v) is 3.74. The predicted octanol–water partition coefficient (Wildman–Crippen LogP) is 0.855. The number of benzene rings is 1. The van der Waals surface area contributed by atoms with Gasteiger partial charge in [0.25, 0.3) is 0 Å². The van der Waals surface area contributed by atoms with E-state index in [1.165, 1.54) is 10.5 Å². The highest BCUT2D eigenvalue weighted by atomic mass is 16.7. The van der Waals surface area contributed by atoms with Crippen LogP contribution >= 0.6 is 0 Å². The van der Waals surface area contributed by atoms with Gasteiger partial charge in [-0.25, -0.2) is 4.68 Å². The molecule has 122 valence electrons. The Balaban J connectivity index is 1.95. The van der Waals surface area contributed by atoms with Gasteiger partial charge in [-0.3, -0.25) is 0 Å². The van der Waals surface area contributed by atoms with Crippen molar-refractivity contribution in [1.29, 1.82) is 0 Å². The van der Waals surface area contributed by atoms with Gasteiger partial charge in [0, 0.05) is 12.1 Å². The van der Waals surface area contributed by atoms with Crippen molar-refractivity contribution in [2.75, 3.05) is 27.5 Å². The van der Waals surface area contributed by atoms with Crippen LogP contribution in [0.1, 0.15) is 28.7 Å². The average molecular weight is 316 g/mol. The Hall–Kier alpha value is -2.21. The zero-order chi connectivity index (χ0) is 16.1. The Labute approximate surface area is 135 Å². The maximum absolute atomic E-state index is 5.74. The van der Waals surface area contributed by atoms with Gasteiger partial charge < -0.3 is 19.1 Å². The average Bonchev–Trinajstić information content (AvgIpc) is 3.11. The van der Waals surface area contributed by atoms with Gasteiger partial charge in [0.15, 0.2) is 11.5 Å². The maximum atomic E-state index is 5.74. The number of aromatic nitrogens is 2. The van der Waals surface area contributed by atoms with E-state index >= 15 is 0 Å². The molecule has 3 heterocycles. The van der Waals surface area contributed by atoms with Crippen molar-refractivity contribution >= 4 is 0 Å². The van der Waals surface area contributed by atoms with Crippen LogP contribution in [0.5, 0.6) is 17.2 Å². The standard InChI is InChI=1S/C17H21N3O3/c1-10-7-11(2)20(18-10)17-14-12(5-6-19(17)3)8-13-15(16(14)21-4)23-9-22-13/h7-8,17H,5-6,9H2,1-4H3/p+1/t17-/m1/s1. The highest BCUT2D eigenvalue weighted by molar-refractivity contribution is 5.61. The molecule has 6 nitrogen and oxygen atoms in total. The highest BCUT2D eigenvalue weighted by Crippen LogP contribution is 2.47. The summed E-state index contributed by atoms with van der Waals surface area (Å²) < 4.78 is 19.1. The smallest absolute Gasteiger partial charge is 0.231 e. The van der Waals surface area contributed by atoms with Crippen molar-refractivity contribution in [3.63, 3.8) is 0 Å². The second-order valence-electron chi connectivity index (χ2n) is 6.34. The largest absolute Gasteiger partial charge is 0.492 e. The van der Waals surface area contributed by atoms with Crippen LogP contribution in [0.15, 0.2) is 12.1 Å². The lowest BCUT2D eigenvalue weighted by molar-refractivity contribution is -0.919. The van der Waals surface area contributed by atoms with Gasteiger partial charge in [0.05, 0.1) is 32.0 Å². The minimum atomic E-state index is 0.0805. The lowest BCUT2D eigenvalue weighted by Crippen LogP contribution is -3.11. The number of nitrogens with one attached hydrogen (secondary N) is 1. The van der Waals surface area contributed by atoms with Crippen molar-refractivity contribution in [1.82, 2.24) is 9.78 Å². The Morgan fingerprint density at radius 1 is 1.30 bits per heavy atom. The number of aryl methyl sites for hydroxylation is 2. The lowest BCUT2D eigenvalue weighted by Gasteiger charge is -2.33. The predicted molar refractivity (Wildman–Crippen MR) is 84.4 cm³/mol. The number of nitrogens with zero attached hydrogens (tertiary/aromatic N) is 2. The number of hydrogen-bond donors (Lipinski definition) is 1. The molecule has 1 aromatic carbocycles. The third-order valence-electron chi connectivity index (χ3n) is 4.77. The number of quaternary nitrogens is 1. The molecule has 0 saturated carbocycles. The SMILES string of the molecule is COc1c2c(cc3c1[C@@H](n1nc(C)cc1C)[NH+](C)CC3)OCO2. The van der Waals surface area contributed by atoms with E-state index in [9.17, 15) is 0 Å². The minimum Gasteiger partial charge on any atom is -0.492 e. The summed E-state index contributed by atoms with van der Waals surface area (Å²) in [6, 6.07) is 4.21. The third kappa shape index (κ3) is 2.09. The number of rotatable bonds is 2. The summed E-state index contributed by atoms with van der Waals surface area (Å²) in [5.74, 6) is 2.28. The molecule has 2 aromatic rings. The van der Waals surface area contributed by atoms with Crippen molar-refractivity contribution in [2.24, 2.45) is 0 Å². The second-order valence-corrected chi connectivity index (χ2v) is 6.34. The van der Waals surface area contributed by atoms with E-state index in [-0.39, 0.29) is 13.0 Å². The van der Waals surface area contributed by atoms with Gasteiger partial charge >= 0.3 is 0 Å². The van der Waals surface area contributed by atoms with Gasteiger partial charge in [0.1, 0.15) is 0 Å². The molecular weight excluding hydrogens is 294 g/mol. The molecule has 0 amide bonds. The number of methoxy groups -OCH3 is 1. The first kappa shape index (κ1) is 14.4. The molecule has 0 bridgehead atoms. The van der Waals surface area contributed by atoms with Gasteiger partial charge in [-0.15, -0.1) is 0 Å². The van der Waals surface area contributed by atoms with E-state index in [0.29, 0.717) is 5.75 Å². The highest BCUT2D eigenvalue weighted by Gasteiger charge is 2.38.